The van der Waals surface area contributed by atoms with Crippen molar-refractivity contribution < 1.29 is 9.53 Å². The highest BCUT2D eigenvalue weighted by molar-refractivity contribution is 5.72. The summed E-state index contributed by atoms with van der Waals surface area (Å²) in [6.07, 6.45) is 0. The molecule has 0 bridgehead atoms. The summed E-state index contributed by atoms with van der Waals surface area (Å²) < 4.78 is 7.03. The van der Waals surface area contributed by atoms with Gasteiger partial charge in [0.05, 0.1) is 12.5 Å². The first kappa shape index (κ1) is 13.5. The predicted octanol–water partition coefficient (Wildman–Crippen LogP) is 1.75. The molecule has 1 aromatic rings. The Morgan fingerprint density at radius 2 is 2.18 bits per heavy atom. The zero-order valence-corrected chi connectivity index (χ0v) is 11.2. The van der Waals surface area contributed by atoms with E-state index in [1.807, 2.05) is 34.6 Å². The number of hydrogen-bond donors (Lipinski definition) is 1. The Bertz CT molecular complexity index is 404. The van der Waals surface area contributed by atoms with Crippen LogP contribution in [0.15, 0.2) is 6.07 Å². The molecule has 0 saturated carbocycles. The molecular formula is C12H21N3O2. The minimum Gasteiger partial charge on any atom is -0.460 e. The van der Waals surface area contributed by atoms with Gasteiger partial charge in [-0.1, -0.05) is 6.92 Å². The lowest BCUT2D eigenvalue weighted by molar-refractivity contribution is -0.159. The number of nitrogen functional groups attached to an aromatic ring is 1. The SMILES string of the molecule is Cc1cc(N)nn1C[C@H](C)C(=O)OC(C)(C)C. The Morgan fingerprint density at radius 1 is 1.59 bits per heavy atom. The van der Waals surface area contributed by atoms with Crippen LogP contribution in [0.3, 0.4) is 0 Å². The molecule has 1 aromatic heterocycles. The molecule has 0 unspecified atom stereocenters. The third-order valence-corrected chi connectivity index (χ3v) is 2.26. The Kier molecular flexibility index (Phi) is 3.80. The van der Waals surface area contributed by atoms with Crippen molar-refractivity contribution in [2.75, 3.05) is 5.73 Å². The van der Waals surface area contributed by atoms with Gasteiger partial charge in [0.1, 0.15) is 11.4 Å². The van der Waals surface area contributed by atoms with E-state index in [0.29, 0.717) is 12.4 Å². The molecular weight excluding hydrogens is 218 g/mol. The maximum Gasteiger partial charge on any atom is 0.311 e. The molecule has 0 saturated heterocycles. The highest BCUT2D eigenvalue weighted by Crippen LogP contribution is 2.14. The van der Waals surface area contributed by atoms with Gasteiger partial charge < -0.3 is 10.5 Å². The number of anilines is 1. The molecule has 0 amide bonds. The van der Waals surface area contributed by atoms with Crippen molar-refractivity contribution in [3.8, 4) is 0 Å². The molecule has 0 spiro atoms. The van der Waals surface area contributed by atoms with E-state index in [2.05, 4.69) is 5.10 Å². The lowest BCUT2D eigenvalue weighted by Crippen LogP contribution is -2.29. The first-order valence-electron chi connectivity index (χ1n) is 5.72. The van der Waals surface area contributed by atoms with Gasteiger partial charge in [-0.2, -0.15) is 5.10 Å². The number of hydrogen-bond acceptors (Lipinski definition) is 4. The standard InChI is InChI=1S/C12H21N3O2/c1-8(11(16)17-12(3,4)5)7-15-9(2)6-10(13)14-15/h6,8H,7H2,1-5H3,(H2,13,14)/t8-/m0/s1. The number of nitrogens with two attached hydrogens (primary N) is 1. The van der Waals surface area contributed by atoms with Crippen LogP contribution in [0.5, 0.6) is 0 Å². The average Bonchev–Trinajstić information content (AvgIpc) is 2.42. The molecule has 0 aliphatic carbocycles. The number of nitrogens with zero attached hydrogens (tertiary/aromatic N) is 2. The highest BCUT2D eigenvalue weighted by Gasteiger charge is 2.22. The second-order valence-corrected chi connectivity index (χ2v) is 5.33. The number of rotatable bonds is 3. The Balaban J connectivity index is 2.63. The molecule has 5 nitrogen and oxygen atoms in total. The summed E-state index contributed by atoms with van der Waals surface area (Å²) >= 11 is 0. The summed E-state index contributed by atoms with van der Waals surface area (Å²) in [6.45, 7) is 9.78. The van der Waals surface area contributed by atoms with Crippen molar-refractivity contribution in [2.45, 2.75) is 46.8 Å². The predicted molar refractivity (Wildman–Crippen MR) is 66.4 cm³/mol. The third kappa shape index (κ3) is 4.09. The number of esters is 1. The van der Waals surface area contributed by atoms with Crippen LogP contribution in [0.25, 0.3) is 0 Å². The summed E-state index contributed by atoms with van der Waals surface area (Å²) in [6, 6.07) is 1.78. The van der Waals surface area contributed by atoms with Crippen molar-refractivity contribution in [1.29, 1.82) is 0 Å². The molecule has 1 heterocycles. The van der Waals surface area contributed by atoms with Gasteiger partial charge in [0.25, 0.3) is 0 Å². The van der Waals surface area contributed by atoms with Crippen molar-refractivity contribution in [2.24, 2.45) is 5.92 Å². The van der Waals surface area contributed by atoms with E-state index in [0.717, 1.165) is 5.69 Å². The smallest absolute Gasteiger partial charge is 0.311 e. The number of aromatic nitrogens is 2. The zero-order chi connectivity index (χ0) is 13.2. The normalized spacial score (nSPS) is 13.5. The minimum absolute atomic E-state index is 0.217. The number of ether oxygens (including phenoxy) is 1. The number of carbonyl (C=O) groups is 1. The van der Waals surface area contributed by atoms with Crippen molar-refractivity contribution in [1.82, 2.24) is 9.78 Å². The largest absolute Gasteiger partial charge is 0.460 e. The van der Waals surface area contributed by atoms with E-state index in [1.165, 1.54) is 0 Å². The van der Waals surface area contributed by atoms with Crippen LogP contribution in [0.2, 0.25) is 0 Å². The summed E-state index contributed by atoms with van der Waals surface area (Å²) in [7, 11) is 0. The van der Waals surface area contributed by atoms with Crippen LogP contribution in [0, 0.1) is 12.8 Å². The fourth-order valence-electron chi connectivity index (χ4n) is 1.46. The van der Waals surface area contributed by atoms with Crippen LogP contribution in [-0.2, 0) is 16.1 Å². The van der Waals surface area contributed by atoms with Crippen LogP contribution in [-0.4, -0.2) is 21.4 Å². The van der Waals surface area contributed by atoms with Gasteiger partial charge in [0.2, 0.25) is 0 Å². The zero-order valence-electron chi connectivity index (χ0n) is 11.2. The Labute approximate surface area is 102 Å². The topological polar surface area (TPSA) is 70.1 Å². The molecule has 0 aliphatic heterocycles. The molecule has 0 aliphatic rings. The summed E-state index contributed by atoms with van der Waals surface area (Å²) in [5.41, 5.74) is 6.07. The number of aryl methyl sites for hydroxylation is 1. The van der Waals surface area contributed by atoms with Crippen molar-refractivity contribution in [3.05, 3.63) is 11.8 Å². The molecule has 17 heavy (non-hydrogen) atoms. The van der Waals surface area contributed by atoms with Gasteiger partial charge in [-0.3, -0.25) is 9.48 Å². The average molecular weight is 239 g/mol. The van der Waals surface area contributed by atoms with Gasteiger partial charge in [0, 0.05) is 11.8 Å². The Hall–Kier alpha value is -1.52. The van der Waals surface area contributed by atoms with Gasteiger partial charge in [-0.15, -0.1) is 0 Å². The van der Waals surface area contributed by atoms with Crippen molar-refractivity contribution >= 4 is 11.8 Å². The Morgan fingerprint density at radius 3 is 2.59 bits per heavy atom. The van der Waals surface area contributed by atoms with Gasteiger partial charge in [0.15, 0.2) is 0 Å². The van der Waals surface area contributed by atoms with Gasteiger partial charge in [-0.05, 0) is 27.7 Å². The highest BCUT2D eigenvalue weighted by atomic mass is 16.6. The van der Waals surface area contributed by atoms with Crippen LogP contribution in [0.4, 0.5) is 5.82 Å². The summed E-state index contributed by atoms with van der Waals surface area (Å²) in [5.74, 6) is 0.0112. The lowest BCUT2D eigenvalue weighted by Gasteiger charge is -2.22. The monoisotopic (exact) mass is 239 g/mol. The van der Waals surface area contributed by atoms with Crippen LogP contribution >= 0.6 is 0 Å². The summed E-state index contributed by atoms with van der Waals surface area (Å²) in [4.78, 5) is 11.8. The molecule has 0 aromatic carbocycles. The van der Waals surface area contributed by atoms with E-state index in [-0.39, 0.29) is 11.9 Å². The lowest BCUT2D eigenvalue weighted by atomic mass is 10.1. The first-order chi connectivity index (χ1) is 7.69. The van der Waals surface area contributed by atoms with E-state index in [4.69, 9.17) is 10.5 Å². The van der Waals surface area contributed by atoms with Crippen LogP contribution < -0.4 is 5.73 Å². The van der Waals surface area contributed by atoms with Crippen LogP contribution in [0.1, 0.15) is 33.4 Å². The molecule has 5 heteroatoms. The molecule has 2 N–H and O–H groups in total. The van der Waals surface area contributed by atoms with E-state index >= 15 is 0 Å². The maximum atomic E-state index is 11.8. The summed E-state index contributed by atoms with van der Waals surface area (Å²) in [5, 5.41) is 4.12. The van der Waals surface area contributed by atoms with Crippen molar-refractivity contribution in [3.63, 3.8) is 0 Å². The number of carbonyl (C=O) groups excluding carboxylic acids is 1. The third-order valence-electron chi connectivity index (χ3n) is 2.26. The second-order valence-electron chi connectivity index (χ2n) is 5.33. The first-order valence-corrected chi connectivity index (χ1v) is 5.72. The van der Waals surface area contributed by atoms with E-state index in [1.54, 1.807) is 10.7 Å². The molecule has 1 rings (SSSR count). The fraction of sp³-hybridized carbons (Fsp3) is 0.667. The molecule has 0 fully saturated rings. The molecule has 0 radical (unpaired) electrons. The van der Waals surface area contributed by atoms with Gasteiger partial charge >= 0.3 is 5.97 Å². The van der Waals surface area contributed by atoms with E-state index < -0.39 is 5.60 Å². The quantitative estimate of drug-likeness (QED) is 0.816. The minimum atomic E-state index is -0.455. The fourth-order valence-corrected chi connectivity index (χ4v) is 1.46. The second kappa shape index (κ2) is 4.77. The maximum absolute atomic E-state index is 11.8. The molecule has 1 atom stereocenters. The van der Waals surface area contributed by atoms with E-state index in [9.17, 15) is 4.79 Å². The molecule has 96 valence electrons. The van der Waals surface area contributed by atoms with Gasteiger partial charge in [-0.25, -0.2) is 0 Å².